The monoisotopic (exact) mass is 553 g/mol. The van der Waals surface area contributed by atoms with Crippen LogP contribution in [0.2, 0.25) is 0 Å². The molecule has 210 valence electrons. The molecule has 3 aromatic rings. The van der Waals surface area contributed by atoms with Crippen molar-refractivity contribution in [2.45, 2.75) is 77.8 Å². The second-order valence-corrected chi connectivity index (χ2v) is 12.0. The fourth-order valence-electron chi connectivity index (χ4n) is 4.37. The summed E-state index contributed by atoms with van der Waals surface area (Å²) in [5.41, 5.74) is 3.78. The summed E-state index contributed by atoms with van der Waals surface area (Å²) in [6.07, 6.45) is 8.92. The first kappa shape index (κ1) is 30.0. The van der Waals surface area contributed by atoms with Gasteiger partial charge in [-0.3, -0.25) is 4.79 Å². The number of benzene rings is 2. The average Bonchev–Trinajstić information content (AvgIpc) is 3.33. The molecule has 0 radical (unpaired) electrons. The van der Waals surface area contributed by atoms with E-state index in [4.69, 9.17) is 0 Å². The number of para-hydroxylation sites is 2. The molecule has 0 saturated carbocycles. The zero-order valence-electron chi connectivity index (χ0n) is 23.4. The maximum atomic E-state index is 13.7. The number of carbonyl (C=O) groups excluding carboxylic acids is 1. The number of carbonyl (C=O) groups is 1. The van der Waals surface area contributed by atoms with Gasteiger partial charge in [0.2, 0.25) is 5.16 Å². The molecule has 0 spiro atoms. The Kier molecular flexibility index (Phi) is 9.97. The van der Waals surface area contributed by atoms with E-state index in [1.807, 2.05) is 33.8 Å². The van der Waals surface area contributed by atoms with Crippen molar-refractivity contribution < 1.29 is 23.4 Å². The lowest BCUT2D eigenvalue weighted by molar-refractivity contribution is 0.0878. The Hall–Kier alpha value is -3.59. The van der Waals surface area contributed by atoms with Gasteiger partial charge in [-0.1, -0.05) is 55.2 Å². The van der Waals surface area contributed by atoms with Crippen LogP contribution in [0.25, 0.3) is 11.0 Å². The molecule has 39 heavy (non-hydrogen) atoms. The van der Waals surface area contributed by atoms with E-state index in [0.717, 1.165) is 44.7 Å². The standard InChI is InChI=1S/C30H39N3O5S/c1-6-7-8-14-22-19-26(34)23(18-17-21(4)13-11-12-20(2)3)28(35)27(22)29(36)33(5)39(37,38)30-31-24-15-9-10-16-25(24)32-30/h9-10,12,15-17,19,34-35H,6-8,11,13-14,18H2,1-5H3,(H,31,32)/b21-17+. The number of phenolic OH excluding ortho intramolecular Hbond substituents is 2. The van der Waals surface area contributed by atoms with Crippen molar-refractivity contribution in [1.29, 1.82) is 0 Å². The minimum Gasteiger partial charge on any atom is -0.508 e. The maximum Gasteiger partial charge on any atom is 0.300 e. The second kappa shape index (κ2) is 13.0. The number of nitrogens with one attached hydrogen (secondary N) is 1. The van der Waals surface area contributed by atoms with Gasteiger partial charge in [0, 0.05) is 12.6 Å². The number of aromatic hydroxyl groups is 2. The molecule has 0 atom stereocenters. The largest absolute Gasteiger partial charge is 0.508 e. The lowest BCUT2D eigenvalue weighted by Gasteiger charge is -2.21. The molecule has 0 aliphatic heterocycles. The molecule has 3 N–H and O–H groups in total. The predicted molar refractivity (Wildman–Crippen MR) is 154 cm³/mol. The van der Waals surface area contributed by atoms with Crippen LogP contribution in [0, 0.1) is 0 Å². The Morgan fingerprint density at radius 3 is 2.49 bits per heavy atom. The third-order valence-corrected chi connectivity index (χ3v) is 8.30. The first-order valence-corrected chi connectivity index (χ1v) is 14.7. The van der Waals surface area contributed by atoms with E-state index in [1.165, 1.54) is 11.6 Å². The van der Waals surface area contributed by atoms with Gasteiger partial charge in [0.1, 0.15) is 11.5 Å². The summed E-state index contributed by atoms with van der Waals surface area (Å²) in [6.45, 7) is 8.11. The van der Waals surface area contributed by atoms with Gasteiger partial charge < -0.3 is 15.2 Å². The quantitative estimate of drug-likeness (QED) is 0.176. The molecular weight excluding hydrogens is 514 g/mol. The van der Waals surface area contributed by atoms with Crippen LogP contribution in [-0.2, 0) is 22.9 Å². The highest BCUT2D eigenvalue weighted by atomic mass is 32.2. The predicted octanol–water partition coefficient (Wildman–Crippen LogP) is 6.40. The molecule has 0 aliphatic rings. The Balaban J connectivity index is 2.00. The molecule has 9 heteroatoms. The average molecular weight is 554 g/mol. The van der Waals surface area contributed by atoms with Crippen molar-refractivity contribution >= 4 is 27.0 Å². The summed E-state index contributed by atoms with van der Waals surface area (Å²) in [4.78, 5) is 20.6. The SMILES string of the molecule is CCCCCc1cc(O)c(C/C=C(\C)CCC=C(C)C)c(O)c1C(=O)N(C)S(=O)(=O)c1nc2ccccc2[nH]1. The minimum atomic E-state index is -4.35. The molecule has 8 nitrogen and oxygen atoms in total. The number of aromatic nitrogens is 2. The van der Waals surface area contributed by atoms with Crippen LogP contribution in [0.1, 0.15) is 81.3 Å². The van der Waals surface area contributed by atoms with Gasteiger partial charge in [-0.2, -0.15) is 8.42 Å². The van der Waals surface area contributed by atoms with E-state index >= 15 is 0 Å². The number of fused-ring (bicyclic) bond motifs is 1. The number of hydrogen-bond donors (Lipinski definition) is 3. The number of sulfonamides is 1. The molecule has 2 aromatic carbocycles. The fourth-order valence-corrected chi connectivity index (χ4v) is 5.39. The maximum absolute atomic E-state index is 13.7. The van der Waals surface area contributed by atoms with Crippen LogP contribution in [0.3, 0.4) is 0 Å². The van der Waals surface area contributed by atoms with E-state index in [9.17, 15) is 23.4 Å². The number of hydrogen-bond acceptors (Lipinski definition) is 6. The number of rotatable bonds is 12. The van der Waals surface area contributed by atoms with Gasteiger partial charge >= 0.3 is 0 Å². The topological polar surface area (TPSA) is 124 Å². The second-order valence-electron chi connectivity index (χ2n) is 10.1. The fraction of sp³-hybridized carbons (Fsp3) is 0.400. The van der Waals surface area contributed by atoms with Gasteiger partial charge in [-0.05, 0) is 76.6 Å². The number of aromatic amines is 1. The molecule has 0 saturated heterocycles. The highest BCUT2D eigenvalue weighted by Gasteiger charge is 2.33. The Morgan fingerprint density at radius 1 is 1.10 bits per heavy atom. The van der Waals surface area contributed by atoms with Gasteiger partial charge in [0.25, 0.3) is 15.9 Å². The molecule has 0 unspecified atom stereocenters. The normalized spacial score (nSPS) is 12.1. The van der Waals surface area contributed by atoms with Crippen molar-refractivity contribution in [3.63, 3.8) is 0 Å². The lowest BCUT2D eigenvalue weighted by Crippen LogP contribution is -2.34. The Morgan fingerprint density at radius 2 is 1.82 bits per heavy atom. The van der Waals surface area contributed by atoms with E-state index in [2.05, 4.69) is 16.0 Å². The summed E-state index contributed by atoms with van der Waals surface area (Å²) in [5.74, 6) is -1.40. The number of amides is 1. The van der Waals surface area contributed by atoms with Crippen molar-refractivity contribution in [2.75, 3.05) is 7.05 Å². The number of allylic oxidation sites excluding steroid dienone is 4. The van der Waals surface area contributed by atoms with E-state index in [1.54, 1.807) is 24.3 Å². The number of nitrogens with zero attached hydrogens (tertiary/aromatic N) is 2. The third kappa shape index (κ3) is 7.09. The highest BCUT2D eigenvalue weighted by Crippen LogP contribution is 2.37. The third-order valence-electron chi connectivity index (χ3n) is 6.73. The van der Waals surface area contributed by atoms with Crippen LogP contribution >= 0.6 is 0 Å². The molecule has 0 aliphatic carbocycles. The van der Waals surface area contributed by atoms with Crippen LogP contribution in [0.5, 0.6) is 11.5 Å². The molecule has 0 fully saturated rings. The summed E-state index contributed by atoms with van der Waals surface area (Å²) in [6, 6.07) is 8.34. The van der Waals surface area contributed by atoms with Gasteiger partial charge in [-0.25, -0.2) is 9.29 Å². The molecule has 3 rings (SSSR count). The van der Waals surface area contributed by atoms with Gasteiger partial charge in [-0.15, -0.1) is 0 Å². The smallest absolute Gasteiger partial charge is 0.300 e. The minimum absolute atomic E-state index is 0.114. The number of aryl methyl sites for hydroxylation is 1. The van der Waals surface area contributed by atoms with Crippen molar-refractivity contribution in [2.24, 2.45) is 0 Å². The van der Waals surface area contributed by atoms with E-state index in [0.29, 0.717) is 27.3 Å². The van der Waals surface area contributed by atoms with Crippen molar-refractivity contribution in [3.8, 4) is 11.5 Å². The summed E-state index contributed by atoms with van der Waals surface area (Å²) in [5, 5.41) is 21.7. The summed E-state index contributed by atoms with van der Waals surface area (Å²) >= 11 is 0. The summed E-state index contributed by atoms with van der Waals surface area (Å²) < 4.78 is 27.4. The van der Waals surface area contributed by atoms with Crippen molar-refractivity contribution in [1.82, 2.24) is 14.3 Å². The molecule has 1 heterocycles. The number of H-pyrrole nitrogens is 1. The molecular formula is C30H39N3O5S. The highest BCUT2D eigenvalue weighted by molar-refractivity contribution is 7.89. The van der Waals surface area contributed by atoms with Crippen LogP contribution in [0.4, 0.5) is 0 Å². The van der Waals surface area contributed by atoms with E-state index in [-0.39, 0.29) is 28.5 Å². The molecule has 1 aromatic heterocycles. The molecule has 1 amide bonds. The van der Waals surface area contributed by atoms with Crippen molar-refractivity contribution in [3.05, 3.63) is 70.3 Å². The number of imidazole rings is 1. The zero-order chi connectivity index (χ0) is 28.7. The number of phenols is 2. The Bertz CT molecular complexity index is 1470. The first-order chi connectivity index (χ1) is 18.5. The summed E-state index contributed by atoms with van der Waals surface area (Å²) in [7, 11) is -3.19. The molecule has 0 bridgehead atoms. The van der Waals surface area contributed by atoms with Gasteiger partial charge in [0.15, 0.2) is 0 Å². The zero-order valence-corrected chi connectivity index (χ0v) is 24.2. The Labute approximate surface area is 231 Å². The van der Waals surface area contributed by atoms with Crippen LogP contribution in [0.15, 0.2) is 58.8 Å². The van der Waals surface area contributed by atoms with E-state index < -0.39 is 21.7 Å². The van der Waals surface area contributed by atoms with Crippen LogP contribution in [-0.4, -0.2) is 45.9 Å². The first-order valence-electron chi connectivity index (χ1n) is 13.3. The van der Waals surface area contributed by atoms with Crippen LogP contribution < -0.4 is 0 Å². The number of unbranched alkanes of at least 4 members (excludes halogenated alkanes) is 2. The lowest BCUT2D eigenvalue weighted by atomic mass is 9.94. The van der Waals surface area contributed by atoms with Gasteiger partial charge in [0.05, 0.1) is 16.6 Å².